The van der Waals surface area contributed by atoms with Crippen LogP contribution in [0.5, 0.6) is 0 Å². The molecule has 0 nitrogen and oxygen atoms in total. The molecule has 1 heteroatoms. The summed E-state index contributed by atoms with van der Waals surface area (Å²) in [6.07, 6.45) is 2.36. The molecule has 106 valence electrons. The van der Waals surface area contributed by atoms with E-state index in [1.165, 1.54) is 29.3 Å². The molecule has 0 unspecified atom stereocenters. The van der Waals surface area contributed by atoms with Crippen molar-refractivity contribution < 1.29 is 0 Å². The molecular weight excluding hydrogens is 244 g/mol. The molecule has 1 rings (SSSR count). The molecule has 1 aromatic carbocycles. The number of hydrogen-bond acceptors (Lipinski definition) is 0. The molecule has 0 spiro atoms. The van der Waals surface area contributed by atoms with Crippen molar-refractivity contribution in [2.24, 2.45) is 0 Å². The average Bonchev–Trinajstić information content (AvgIpc) is 2.40. The van der Waals surface area contributed by atoms with E-state index in [4.69, 9.17) is 0 Å². The average molecular weight is 275 g/mol. The predicted molar refractivity (Wildman–Crippen MR) is 91.4 cm³/mol. The molecule has 0 aliphatic rings. The van der Waals surface area contributed by atoms with Gasteiger partial charge in [-0.2, -0.15) is 0 Å². The maximum atomic E-state index is 2.55. The Labute approximate surface area is 121 Å². The van der Waals surface area contributed by atoms with E-state index in [-0.39, 0.29) is 5.41 Å². The minimum Gasteiger partial charge on any atom is -0.0936 e. The van der Waals surface area contributed by atoms with E-state index >= 15 is 0 Å². The lowest BCUT2D eigenvalue weighted by Gasteiger charge is -2.23. The van der Waals surface area contributed by atoms with Gasteiger partial charge in [0.1, 0.15) is 0 Å². The van der Waals surface area contributed by atoms with Crippen molar-refractivity contribution in [2.75, 3.05) is 0 Å². The maximum absolute atomic E-state index is 2.55. The van der Waals surface area contributed by atoms with Crippen LogP contribution in [0.3, 0.4) is 0 Å². The standard InChI is InChI=1S/C18H30Si/c1-7-19(8-2,9-3)15-14-16-10-12-17(13-11-16)18(4,5)6/h10-15H,7-9H2,1-6H3/b15-14-. The highest BCUT2D eigenvalue weighted by Gasteiger charge is 2.22. The molecule has 0 aliphatic carbocycles. The van der Waals surface area contributed by atoms with Crippen LogP contribution in [0.25, 0.3) is 6.08 Å². The third-order valence-corrected chi connectivity index (χ3v) is 9.62. The van der Waals surface area contributed by atoms with Crippen molar-refractivity contribution in [3.05, 3.63) is 41.1 Å². The van der Waals surface area contributed by atoms with Gasteiger partial charge in [-0.15, -0.1) is 0 Å². The summed E-state index contributed by atoms with van der Waals surface area (Å²) in [5.41, 5.74) is 5.56. The summed E-state index contributed by atoms with van der Waals surface area (Å²) < 4.78 is 0. The molecular formula is C18H30Si. The lowest BCUT2D eigenvalue weighted by molar-refractivity contribution is 0.590. The Morgan fingerprint density at radius 2 is 1.37 bits per heavy atom. The van der Waals surface area contributed by atoms with Gasteiger partial charge >= 0.3 is 0 Å². The predicted octanol–water partition coefficient (Wildman–Crippen LogP) is 6.05. The first-order chi connectivity index (χ1) is 8.87. The Hall–Kier alpha value is -0.823. The van der Waals surface area contributed by atoms with Crippen LogP contribution in [-0.2, 0) is 5.41 Å². The fraction of sp³-hybridized carbons (Fsp3) is 0.556. The van der Waals surface area contributed by atoms with Crippen LogP contribution in [0.1, 0.15) is 52.7 Å². The van der Waals surface area contributed by atoms with Crippen LogP contribution in [0.2, 0.25) is 18.1 Å². The highest BCUT2D eigenvalue weighted by Crippen LogP contribution is 2.25. The highest BCUT2D eigenvalue weighted by molar-refractivity contribution is 6.84. The van der Waals surface area contributed by atoms with Crippen molar-refractivity contribution in [3.63, 3.8) is 0 Å². The summed E-state index contributed by atoms with van der Waals surface area (Å²) in [7, 11) is -1.13. The SMILES string of the molecule is CC[Si](/C=C\c1ccc(C(C)(C)C)cc1)(CC)CC. The van der Waals surface area contributed by atoms with Crippen LogP contribution >= 0.6 is 0 Å². The molecule has 0 bridgehead atoms. The Kier molecular flexibility index (Phi) is 5.60. The van der Waals surface area contributed by atoms with Gasteiger partial charge in [0.15, 0.2) is 0 Å². The summed E-state index contributed by atoms with van der Waals surface area (Å²) in [6.45, 7) is 13.9. The molecule has 0 aromatic heterocycles. The minimum atomic E-state index is -1.13. The first kappa shape index (κ1) is 16.2. The van der Waals surface area contributed by atoms with Gasteiger partial charge in [-0.05, 0) is 16.5 Å². The summed E-state index contributed by atoms with van der Waals surface area (Å²) in [5, 5.41) is 0. The van der Waals surface area contributed by atoms with Crippen LogP contribution < -0.4 is 0 Å². The van der Waals surface area contributed by atoms with Crippen LogP contribution in [0.15, 0.2) is 30.0 Å². The van der Waals surface area contributed by atoms with E-state index in [1.807, 2.05) is 0 Å². The third kappa shape index (κ3) is 4.34. The minimum absolute atomic E-state index is 0.247. The van der Waals surface area contributed by atoms with Gasteiger partial charge in [0, 0.05) is 0 Å². The number of rotatable bonds is 5. The van der Waals surface area contributed by atoms with E-state index in [9.17, 15) is 0 Å². The second-order valence-electron chi connectivity index (χ2n) is 6.63. The normalized spacial score (nSPS) is 13.2. The van der Waals surface area contributed by atoms with E-state index in [0.717, 1.165) is 0 Å². The first-order valence-corrected chi connectivity index (χ1v) is 10.4. The molecule has 0 amide bonds. The van der Waals surface area contributed by atoms with E-state index in [1.54, 1.807) is 0 Å². The Morgan fingerprint density at radius 3 is 1.74 bits per heavy atom. The Bertz CT molecular complexity index is 394. The lowest BCUT2D eigenvalue weighted by Crippen LogP contribution is -2.28. The first-order valence-electron chi connectivity index (χ1n) is 7.66. The van der Waals surface area contributed by atoms with Crippen molar-refractivity contribution in [2.45, 2.75) is 65.1 Å². The van der Waals surface area contributed by atoms with Gasteiger partial charge in [0.25, 0.3) is 0 Å². The van der Waals surface area contributed by atoms with Crippen molar-refractivity contribution >= 4 is 14.1 Å². The molecule has 0 radical (unpaired) electrons. The quantitative estimate of drug-likeness (QED) is 0.574. The Morgan fingerprint density at radius 1 is 0.895 bits per heavy atom. The summed E-state index contributed by atoms with van der Waals surface area (Å²) in [6, 6.07) is 13.1. The van der Waals surface area contributed by atoms with Gasteiger partial charge in [0.2, 0.25) is 0 Å². The maximum Gasteiger partial charge on any atom is 0.0770 e. The molecule has 0 fully saturated rings. The molecule has 19 heavy (non-hydrogen) atoms. The fourth-order valence-corrected chi connectivity index (χ4v) is 5.22. The molecule has 0 saturated heterocycles. The molecule has 0 atom stereocenters. The van der Waals surface area contributed by atoms with Crippen LogP contribution in [0.4, 0.5) is 0 Å². The van der Waals surface area contributed by atoms with Gasteiger partial charge in [-0.3, -0.25) is 0 Å². The van der Waals surface area contributed by atoms with Crippen molar-refractivity contribution in [1.29, 1.82) is 0 Å². The topological polar surface area (TPSA) is 0 Å². The van der Waals surface area contributed by atoms with E-state index < -0.39 is 8.07 Å². The van der Waals surface area contributed by atoms with Gasteiger partial charge < -0.3 is 0 Å². The van der Waals surface area contributed by atoms with E-state index in [2.05, 4.69) is 77.6 Å². The molecule has 1 aromatic rings. The van der Waals surface area contributed by atoms with Gasteiger partial charge in [-0.1, -0.05) is 95.7 Å². The summed E-state index contributed by atoms with van der Waals surface area (Å²) >= 11 is 0. The Balaban J connectivity index is 2.89. The zero-order chi connectivity index (χ0) is 14.5. The largest absolute Gasteiger partial charge is 0.0936 e. The summed E-state index contributed by atoms with van der Waals surface area (Å²) in [4.78, 5) is 0. The van der Waals surface area contributed by atoms with Crippen LogP contribution in [0, 0.1) is 0 Å². The van der Waals surface area contributed by atoms with E-state index in [0.29, 0.717) is 0 Å². The zero-order valence-corrected chi connectivity index (χ0v) is 14.6. The monoisotopic (exact) mass is 274 g/mol. The summed E-state index contributed by atoms with van der Waals surface area (Å²) in [5.74, 6) is 0. The van der Waals surface area contributed by atoms with Crippen molar-refractivity contribution in [1.82, 2.24) is 0 Å². The van der Waals surface area contributed by atoms with Gasteiger partial charge in [-0.25, -0.2) is 0 Å². The van der Waals surface area contributed by atoms with Crippen LogP contribution in [-0.4, -0.2) is 8.07 Å². The second kappa shape index (κ2) is 6.56. The smallest absolute Gasteiger partial charge is 0.0770 e. The van der Waals surface area contributed by atoms with Crippen molar-refractivity contribution in [3.8, 4) is 0 Å². The molecule has 0 N–H and O–H groups in total. The van der Waals surface area contributed by atoms with Gasteiger partial charge in [0.05, 0.1) is 8.07 Å². The third-order valence-electron chi connectivity index (χ3n) is 4.52. The number of hydrogen-bond donors (Lipinski definition) is 0. The second-order valence-corrected chi connectivity index (χ2v) is 11.8. The zero-order valence-electron chi connectivity index (χ0n) is 13.6. The molecule has 0 heterocycles. The molecule has 0 aliphatic heterocycles. The molecule has 0 saturated carbocycles. The fourth-order valence-electron chi connectivity index (χ4n) is 2.47. The highest BCUT2D eigenvalue weighted by atomic mass is 28.3. The number of benzene rings is 1. The lowest BCUT2D eigenvalue weighted by atomic mass is 9.87.